The zero-order valence-electron chi connectivity index (χ0n) is 17.1. The molecule has 0 unspecified atom stereocenters. The summed E-state index contributed by atoms with van der Waals surface area (Å²) in [6.45, 7) is 0.144. The molecule has 0 aliphatic heterocycles. The molecule has 7 nitrogen and oxygen atoms in total. The number of nitrogens with two attached hydrogens (primary N) is 1. The molecule has 4 aromatic rings. The van der Waals surface area contributed by atoms with Crippen LogP contribution in [0.15, 0.2) is 82.7 Å². The van der Waals surface area contributed by atoms with E-state index in [-0.39, 0.29) is 17.2 Å². The van der Waals surface area contributed by atoms with Gasteiger partial charge in [-0.1, -0.05) is 59.7 Å². The number of benzene rings is 3. The maximum Gasteiger partial charge on any atom is 0.279 e. The van der Waals surface area contributed by atoms with Crippen molar-refractivity contribution in [3.8, 4) is 12.3 Å². The molecule has 0 fully saturated rings. The third kappa shape index (κ3) is 4.68. The Morgan fingerprint density at radius 1 is 0.970 bits per heavy atom. The van der Waals surface area contributed by atoms with Gasteiger partial charge in [0.15, 0.2) is 10.6 Å². The Morgan fingerprint density at radius 3 is 2.24 bits per heavy atom. The van der Waals surface area contributed by atoms with Crippen molar-refractivity contribution < 1.29 is 18.0 Å². The number of amides is 1. The minimum Gasteiger partial charge on any atom is -0.305 e. The molecule has 0 aliphatic carbocycles. The molecule has 1 amide bonds. The Morgan fingerprint density at radius 2 is 1.61 bits per heavy atom. The Balaban J connectivity index is 1.70. The zero-order valence-corrected chi connectivity index (χ0v) is 18.8. The van der Waals surface area contributed by atoms with Gasteiger partial charge >= 0.3 is 0 Å². The summed E-state index contributed by atoms with van der Waals surface area (Å²) in [6.07, 6.45) is 5.47. The molecular formula is C24H17N3O4S2. The van der Waals surface area contributed by atoms with Crippen LogP contribution in [0.5, 0.6) is 0 Å². The van der Waals surface area contributed by atoms with E-state index in [0.717, 1.165) is 11.3 Å². The Hall–Kier alpha value is -3.84. The molecule has 0 radical (unpaired) electrons. The average molecular weight is 476 g/mol. The SMILES string of the molecule is C#CCn1c(=NC(=O)c2ccc(C(=O)c3ccccc3)cc2)sc2cc(S(N)(=O)=O)ccc21. The van der Waals surface area contributed by atoms with Gasteiger partial charge in [-0.25, -0.2) is 13.6 Å². The number of carbonyl (C=O) groups is 2. The maximum absolute atomic E-state index is 12.8. The summed E-state index contributed by atoms with van der Waals surface area (Å²) in [5, 5.41) is 5.21. The van der Waals surface area contributed by atoms with Gasteiger partial charge in [-0.3, -0.25) is 9.59 Å². The van der Waals surface area contributed by atoms with Crippen LogP contribution in [0.4, 0.5) is 0 Å². The van der Waals surface area contributed by atoms with E-state index in [0.29, 0.717) is 31.7 Å². The van der Waals surface area contributed by atoms with E-state index in [1.165, 1.54) is 12.1 Å². The second-order valence-corrected chi connectivity index (χ2v) is 9.61. The van der Waals surface area contributed by atoms with Crippen molar-refractivity contribution in [1.82, 2.24) is 4.57 Å². The molecule has 33 heavy (non-hydrogen) atoms. The lowest BCUT2D eigenvalue weighted by molar-refractivity contribution is 0.0994. The third-order valence-electron chi connectivity index (χ3n) is 4.86. The van der Waals surface area contributed by atoms with Gasteiger partial charge < -0.3 is 4.57 Å². The fourth-order valence-corrected chi connectivity index (χ4v) is 4.91. The summed E-state index contributed by atoms with van der Waals surface area (Å²) < 4.78 is 25.6. The monoisotopic (exact) mass is 475 g/mol. The first-order chi connectivity index (χ1) is 15.8. The van der Waals surface area contributed by atoms with Crippen LogP contribution in [0.2, 0.25) is 0 Å². The number of sulfonamides is 1. The fourth-order valence-electron chi connectivity index (χ4n) is 3.23. The van der Waals surface area contributed by atoms with Gasteiger partial charge in [0.1, 0.15) is 0 Å². The topological polar surface area (TPSA) is 112 Å². The van der Waals surface area contributed by atoms with Crippen LogP contribution in [-0.4, -0.2) is 24.7 Å². The van der Waals surface area contributed by atoms with Crippen LogP contribution in [0.25, 0.3) is 10.2 Å². The molecule has 3 aromatic carbocycles. The van der Waals surface area contributed by atoms with E-state index >= 15 is 0 Å². The van der Waals surface area contributed by atoms with Crippen LogP contribution in [-0.2, 0) is 16.6 Å². The summed E-state index contributed by atoms with van der Waals surface area (Å²) in [6, 6.07) is 19.5. The second-order valence-electron chi connectivity index (χ2n) is 7.04. The number of aromatic nitrogens is 1. The number of fused-ring (bicyclic) bond motifs is 1. The number of carbonyl (C=O) groups excluding carboxylic acids is 2. The summed E-state index contributed by atoms with van der Waals surface area (Å²) in [5.74, 6) is 1.85. The number of thiazole rings is 1. The quantitative estimate of drug-likeness (QED) is 0.353. The van der Waals surface area contributed by atoms with Crippen molar-refractivity contribution in [1.29, 1.82) is 0 Å². The first kappa shape index (κ1) is 22.4. The van der Waals surface area contributed by atoms with Crippen LogP contribution in [0.1, 0.15) is 26.3 Å². The second kappa shape index (κ2) is 8.96. The van der Waals surface area contributed by atoms with Crippen LogP contribution in [0.3, 0.4) is 0 Å². The van der Waals surface area contributed by atoms with Gasteiger partial charge in [-0.15, -0.1) is 6.42 Å². The lowest BCUT2D eigenvalue weighted by Crippen LogP contribution is -2.16. The van der Waals surface area contributed by atoms with Crippen LogP contribution < -0.4 is 9.94 Å². The molecule has 0 bridgehead atoms. The van der Waals surface area contributed by atoms with Gasteiger partial charge in [-0.2, -0.15) is 4.99 Å². The molecule has 0 saturated heterocycles. The van der Waals surface area contributed by atoms with E-state index < -0.39 is 15.9 Å². The number of ketones is 1. The van der Waals surface area contributed by atoms with E-state index in [1.807, 2.05) is 6.07 Å². The summed E-state index contributed by atoms with van der Waals surface area (Å²) in [7, 11) is -3.88. The smallest absolute Gasteiger partial charge is 0.279 e. The van der Waals surface area contributed by atoms with E-state index in [4.69, 9.17) is 11.6 Å². The van der Waals surface area contributed by atoms with Crippen molar-refractivity contribution in [3.05, 3.63) is 94.3 Å². The van der Waals surface area contributed by atoms with Gasteiger partial charge in [0, 0.05) is 16.7 Å². The Kier molecular flexibility index (Phi) is 6.07. The third-order valence-corrected chi connectivity index (χ3v) is 6.81. The van der Waals surface area contributed by atoms with Crippen molar-refractivity contribution in [2.24, 2.45) is 10.1 Å². The number of terminal acetylenes is 1. The molecule has 0 aliphatic rings. The summed E-state index contributed by atoms with van der Waals surface area (Å²) in [4.78, 5) is 29.8. The first-order valence-electron chi connectivity index (χ1n) is 9.66. The molecule has 9 heteroatoms. The largest absolute Gasteiger partial charge is 0.305 e. The number of nitrogens with zero attached hydrogens (tertiary/aromatic N) is 2. The van der Waals surface area contributed by atoms with E-state index in [1.54, 1.807) is 59.2 Å². The predicted molar refractivity (Wildman–Crippen MR) is 126 cm³/mol. The lowest BCUT2D eigenvalue weighted by atomic mass is 10.0. The average Bonchev–Trinajstić information content (AvgIpc) is 3.15. The normalized spacial score (nSPS) is 11.9. The molecule has 2 N–H and O–H groups in total. The summed E-state index contributed by atoms with van der Waals surface area (Å²) >= 11 is 1.13. The summed E-state index contributed by atoms with van der Waals surface area (Å²) in [5.41, 5.74) is 1.95. The molecule has 0 saturated carbocycles. The highest BCUT2D eigenvalue weighted by Gasteiger charge is 2.14. The highest BCUT2D eigenvalue weighted by atomic mass is 32.2. The predicted octanol–water partition coefficient (Wildman–Crippen LogP) is 2.96. The highest BCUT2D eigenvalue weighted by molar-refractivity contribution is 7.89. The van der Waals surface area contributed by atoms with E-state index in [9.17, 15) is 18.0 Å². The van der Waals surface area contributed by atoms with E-state index in [2.05, 4.69) is 10.9 Å². The zero-order chi connectivity index (χ0) is 23.6. The standard InChI is InChI=1S/C24H17N3O4S2/c1-2-14-27-20-13-12-19(33(25,30)31)15-21(20)32-24(27)26-23(29)18-10-8-17(9-11-18)22(28)16-6-4-3-5-7-16/h1,3-13,15H,14H2,(H2,25,30,31). The number of hydrogen-bond donors (Lipinski definition) is 1. The fraction of sp³-hybridized carbons (Fsp3) is 0.0417. The number of rotatable bonds is 5. The van der Waals surface area contributed by atoms with Crippen LogP contribution in [0, 0.1) is 12.3 Å². The van der Waals surface area contributed by atoms with Gasteiger partial charge in [0.2, 0.25) is 10.0 Å². The minimum absolute atomic E-state index is 0.0411. The van der Waals surface area contributed by atoms with Gasteiger partial charge in [0.05, 0.1) is 21.7 Å². The molecule has 1 heterocycles. The highest BCUT2D eigenvalue weighted by Crippen LogP contribution is 2.21. The van der Waals surface area contributed by atoms with Crippen molar-refractivity contribution in [2.75, 3.05) is 0 Å². The van der Waals surface area contributed by atoms with Crippen molar-refractivity contribution in [2.45, 2.75) is 11.4 Å². The number of hydrogen-bond acceptors (Lipinski definition) is 5. The molecule has 0 atom stereocenters. The lowest BCUT2D eigenvalue weighted by Gasteiger charge is -2.03. The Labute approximate surface area is 193 Å². The van der Waals surface area contributed by atoms with Crippen LogP contribution >= 0.6 is 11.3 Å². The minimum atomic E-state index is -3.88. The molecule has 1 aromatic heterocycles. The van der Waals surface area contributed by atoms with Gasteiger partial charge in [-0.05, 0) is 30.3 Å². The first-order valence-corrected chi connectivity index (χ1v) is 12.0. The molecule has 0 spiro atoms. The van der Waals surface area contributed by atoms with Crippen molar-refractivity contribution >= 4 is 43.3 Å². The molecular weight excluding hydrogens is 458 g/mol. The Bertz CT molecular complexity index is 1590. The maximum atomic E-state index is 12.8. The molecule has 164 valence electrons. The van der Waals surface area contributed by atoms with Gasteiger partial charge in [0.25, 0.3) is 5.91 Å². The molecule has 4 rings (SSSR count). The van der Waals surface area contributed by atoms with Crippen molar-refractivity contribution in [3.63, 3.8) is 0 Å². The number of primary sulfonamides is 1.